The standard InChI is InChI=1S/C23H28F3N7O2/c1-11(2)33-22(35-15-7-5-12(3)17(9-15)23(24,25)26)28-21(31-33)32-10-14-6-8-16(18(14)27)19(32)20-30-29-13(4)34-20/h5,7,9,11,14,16,18-19H,6,8,10,27H2,1-4H3. The van der Waals surface area contributed by atoms with E-state index < -0.39 is 11.7 Å². The van der Waals surface area contributed by atoms with Crippen molar-refractivity contribution in [3.05, 3.63) is 41.1 Å². The highest BCUT2D eigenvalue weighted by atomic mass is 19.4. The Hall–Kier alpha value is -3.15. The van der Waals surface area contributed by atoms with Gasteiger partial charge in [-0.2, -0.15) is 18.2 Å². The van der Waals surface area contributed by atoms with Gasteiger partial charge in [-0.1, -0.05) is 6.07 Å². The Morgan fingerprint density at radius 2 is 1.94 bits per heavy atom. The molecule has 2 aromatic heterocycles. The maximum atomic E-state index is 13.4. The van der Waals surface area contributed by atoms with Crippen LogP contribution in [0.4, 0.5) is 19.1 Å². The van der Waals surface area contributed by atoms with Crippen molar-refractivity contribution in [2.75, 3.05) is 11.4 Å². The number of aromatic nitrogens is 5. The Kier molecular flexibility index (Phi) is 5.73. The van der Waals surface area contributed by atoms with E-state index in [0.717, 1.165) is 18.9 Å². The lowest BCUT2D eigenvalue weighted by molar-refractivity contribution is -0.138. The fourth-order valence-corrected chi connectivity index (χ4v) is 5.17. The molecule has 1 aliphatic carbocycles. The van der Waals surface area contributed by atoms with E-state index in [1.807, 2.05) is 18.7 Å². The van der Waals surface area contributed by atoms with Crippen molar-refractivity contribution >= 4 is 5.95 Å². The van der Waals surface area contributed by atoms with Crippen LogP contribution in [0.1, 0.15) is 61.7 Å². The van der Waals surface area contributed by atoms with Gasteiger partial charge < -0.3 is 19.8 Å². The number of nitrogens with zero attached hydrogens (tertiary/aromatic N) is 6. The number of benzene rings is 1. The Labute approximate surface area is 200 Å². The number of alkyl halides is 3. The first-order valence-corrected chi connectivity index (χ1v) is 11.7. The molecule has 0 radical (unpaired) electrons. The van der Waals surface area contributed by atoms with Crippen molar-refractivity contribution in [1.82, 2.24) is 25.0 Å². The Balaban J connectivity index is 1.52. The van der Waals surface area contributed by atoms with E-state index in [4.69, 9.17) is 14.9 Å². The maximum absolute atomic E-state index is 13.4. The largest absolute Gasteiger partial charge is 0.424 e. The van der Waals surface area contributed by atoms with Crippen molar-refractivity contribution in [1.29, 1.82) is 0 Å². The SMILES string of the molecule is Cc1nnc(C2C3CCC(CN2c2nc(Oc4ccc(C)c(C(F)(F)F)c4)n(C(C)C)n2)C3N)o1. The molecule has 4 unspecified atom stereocenters. The lowest BCUT2D eigenvalue weighted by atomic mass is 9.86. The second-order valence-electron chi connectivity index (χ2n) is 9.64. The molecule has 1 aliphatic heterocycles. The van der Waals surface area contributed by atoms with E-state index in [-0.39, 0.29) is 47.3 Å². The smallest absolute Gasteiger partial charge is 0.416 e. The molecule has 1 saturated heterocycles. The number of rotatable bonds is 5. The first kappa shape index (κ1) is 23.6. The molecule has 0 spiro atoms. The molecule has 188 valence electrons. The predicted molar refractivity (Wildman–Crippen MR) is 120 cm³/mol. The van der Waals surface area contributed by atoms with Crippen LogP contribution in [0.15, 0.2) is 22.6 Å². The summed E-state index contributed by atoms with van der Waals surface area (Å²) in [7, 11) is 0. The van der Waals surface area contributed by atoms with Crippen LogP contribution in [0, 0.1) is 25.7 Å². The number of nitrogens with two attached hydrogens (primary N) is 1. The third kappa shape index (κ3) is 4.24. The minimum absolute atomic E-state index is 0.000269. The molecule has 35 heavy (non-hydrogen) atoms. The normalized spacial score (nSPS) is 24.4. The minimum Gasteiger partial charge on any atom is -0.424 e. The Morgan fingerprint density at radius 1 is 1.17 bits per heavy atom. The summed E-state index contributed by atoms with van der Waals surface area (Å²) in [5.74, 6) is 1.70. The summed E-state index contributed by atoms with van der Waals surface area (Å²) in [6.45, 7) is 7.55. The molecule has 2 fully saturated rings. The van der Waals surface area contributed by atoms with E-state index >= 15 is 0 Å². The average Bonchev–Trinajstić information content (AvgIpc) is 3.45. The van der Waals surface area contributed by atoms with Gasteiger partial charge in [-0.3, -0.25) is 0 Å². The quantitative estimate of drug-likeness (QED) is 0.552. The highest BCUT2D eigenvalue weighted by Crippen LogP contribution is 2.48. The molecule has 3 heterocycles. The zero-order valence-corrected chi connectivity index (χ0v) is 20.0. The van der Waals surface area contributed by atoms with E-state index in [0.29, 0.717) is 24.3 Å². The summed E-state index contributed by atoms with van der Waals surface area (Å²) in [4.78, 5) is 6.63. The molecular weight excluding hydrogens is 463 g/mol. The monoisotopic (exact) mass is 491 g/mol. The van der Waals surface area contributed by atoms with Gasteiger partial charge in [0.1, 0.15) is 11.8 Å². The molecule has 2 bridgehead atoms. The highest BCUT2D eigenvalue weighted by Gasteiger charge is 2.50. The van der Waals surface area contributed by atoms with Crippen LogP contribution < -0.4 is 15.4 Å². The lowest BCUT2D eigenvalue weighted by Gasteiger charge is -2.41. The molecule has 1 aromatic carbocycles. The Bertz CT molecular complexity index is 1220. The van der Waals surface area contributed by atoms with Crippen molar-refractivity contribution in [3.8, 4) is 11.8 Å². The zero-order valence-electron chi connectivity index (χ0n) is 20.0. The second kappa shape index (κ2) is 8.51. The topological polar surface area (TPSA) is 108 Å². The van der Waals surface area contributed by atoms with Crippen molar-refractivity contribution in [2.45, 2.75) is 64.8 Å². The van der Waals surface area contributed by atoms with E-state index in [9.17, 15) is 13.2 Å². The third-order valence-corrected chi connectivity index (χ3v) is 6.94. The van der Waals surface area contributed by atoms with Gasteiger partial charge in [-0.05, 0) is 57.2 Å². The van der Waals surface area contributed by atoms with Crippen LogP contribution in [-0.2, 0) is 6.18 Å². The maximum Gasteiger partial charge on any atom is 0.416 e. The molecule has 2 N–H and O–H groups in total. The zero-order chi connectivity index (χ0) is 25.1. The first-order valence-electron chi connectivity index (χ1n) is 11.7. The first-order chi connectivity index (χ1) is 16.5. The van der Waals surface area contributed by atoms with Crippen LogP contribution in [0.2, 0.25) is 0 Å². The van der Waals surface area contributed by atoms with E-state index in [2.05, 4.69) is 20.3 Å². The van der Waals surface area contributed by atoms with Crippen LogP contribution in [0.25, 0.3) is 0 Å². The van der Waals surface area contributed by atoms with E-state index in [1.165, 1.54) is 19.1 Å². The molecule has 2 aliphatic rings. The minimum atomic E-state index is -4.48. The fraction of sp³-hybridized carbons (Fsp3) is 0.565. The summed E-state index contributed by atoms with van der Waals surface area (Å²) < 4.78 is 53.4. The van der Waals surface area contributed by atoms with Crippen LogP contribution in [0.5, 0.6) is 11.8 Å². The highest BCUT2D eigenvalue weighted by molar-refractivity contribution is 5.40. The van der Waals surface area contributed by atoms with Crippen molar-refractivity contribution in [3.63, 3.8) is 0 Å². The molecule has 1 saturated carbocycles. The van der Waals surface area contributed by atoms with Crippen LogP contribution >= 0.6 is 0 Å². The van der Waals surface area contributed by atoms with Gasteiger partial charge in [-0.15, -0.1) is 15.3 Å². The number of anilines is 1. The van der Waals surface area contributed by atoms with Gasteiger partial charge in [0.05, 0.1) is 11.6 Å². The molecule has 5 rings (SSSR count). The fourth-order valence-electron chi connectivity index (χ4n) is 5.17. The molecule has 4 atom stereocenters. The van der Waals surface area contributed by atoms with Crippen LogP contribution in [-0.4, -0.2) is 37.5 Å². The molecule has 9 nitrogen and oxygen atoms in total. The van der Waals surface area contributed by atoms with Gasteiger partial charge >= 0.3 is 12.2 Å². The number of aryl methyl sites for hydroxylation is 2. The van der Waals surface area contributed by atoms with Gasteiger partial charge in [0.25, 0.3) is 0 Å². The van der Waals surface area contributed by atoms with Gasteiger partial charge in [0, 0.05) is 25.4 Å². The van der Waals surface area contributed by atoms with Crippen molar-refractivity contribution < 1.29 is 22.3 Å². The van der Waals surface area contributed by atoms with Gasteiger partial charge in [0.2, 0.25) is 17.7 Å². The summed E-state index contributed by atoms with van der Waals surface area (Å²) >= 11 is 0. The number of hydrogen-bond acceptors (Lipinski definition) is 8. The number of fused-ring (bicyclic) bond motifs is 2. The van der Waals surface area contributed by atoms with E-state index in [1.54, 1.807) is 11.6 Å². The lowest BCUT2D eigenvalue weighted by Crippen LogP contribution is -2.51. The predicted octanol–water partition coefficient (Wildman–Crippen LogP) is 4.58. The van der Waals surface area contributed by atoms with Gasteiger partial charge in [-0.25, -0.2) is 4.68 Å². The summed E-state index contributed by atoms with van der Waals surface area (Å²) in [5, 5.41) is 12.9. The summed E-state index contributed by atoms with van der Waals surface area (Å²) in [6, 6.07) is 3.53. The summed E-state index contributed by atoms with van der Waals surface area (Å²) in [5.41, 5.74) is 5.90. The number of piperidine rings is 1. The number of hydrogen-bond donors (Lipinski definition) is 1. The Morgan fingerprint density at radius 3 is 2.60 bits per heavy atom. The average molecular weight is 492 g/mol. The van der Waals surface area contributed by atoms with Crippen LogP contribution in [0.3, 0.4) is 0 Å². The second-order valence-corrected chi connectivity index (χ2v) is 9.64. The molecule has 0 amide bonds. The number of ether oxygens (including phenoxy) is 1. The third-order valence-electron chi connectivity index (χ3n) is 6.94. The molecule has 3 aromatic rings. The van der Waals surface area contributed by atoms with Gasteiger partial charge in [0.15, 0.2) is 0 Å². The molecule has 12 heteroatoms. The molecular formula is C23H28F3N7O2. The van der Waals surface area contributed by atoms with Crippen molar-refractivity contribution in [2.24, 2.45) is 17.6 Å². The number of halogens is 3. The summed E-state index contributed by atoms with van der Waals surface area (Å²) in [6.07, 6.45) is -2.59.